The number of hydrogen-bond donors (Lipinski definition) is 1. The van der Waals surface area contributed by atoms with Crippen LogP contribution >= 0.6 is 22.7 Å². The number of carbonyl (C=O) groups excluding carboxylic acids is 1. The van der Waals surface area contributed by atoms with E-state index in [1.165, 1.54) is 4.88 Å². The fourth-order valence-electron chi connectivity index (χ4n) is 2.95. The number of nitrogens with one attached hydrogen (secondary N) is 1. The van der Waals surface area contributed by atoms with Gasteiger partial charge in [-0.05, 0) is 32.4 Å². The molecular weight excluding hydrogens is 390 g/mol. The molecule has 0 fully saturated rings. The number of aromatic nitrogens is 2. The van der Waals surface area contributed by atoms with Gasteiger partial charge in [0.25, 0.3) is 5.91 Å². The van der Waals surface area contributed by atoms with Gasteiger partial charge in [0.15, 0.2) is 0 Å². The number of carbonyl (C=O) groups is 1. The lowest BCUT2D eigenvalue weighted by Gasteiger charge is -2.05. The minimum atomic E-state index is -0.162. The molecule has 5 nitrogen and oxygen atoms in total. The first kappa shape index (κ1) is 18.6. The average Bonchev–Trinajstić information content (AvgIpc) is 3.42. The SMILES string of the molecule is Cc1nc(-c2ccc(CCNC(=O)c3c(-c4ccccc4)noc3C)s2)cs1. The Kier molecular flexibility index (Phi) is 5.36. The fourth-order valence-corrected chi connectivity index (χ4v) is 4.60. The highest BCUT2D eigenvalue weighted by Crippen LogP contribution is 2.29. The Morgan fingerprint density at radius 3 is 2.71 bits per heavy atom. The van der Waals surface area contributed by atoms with Crippen molar-refractivity contribution in [3.8, 4) is 21.8 Å². The van der Waals surface area contributed by atoms with Crippen molar-refractivity contribution in [2.45, 2.75) is 20.3 Å². The molecule has 142 valence electrons. The van der Waals surface area contributed by atoms with E-state index in [1.807, 2.05) is 37.3 Å². The van der Waals surface area contributed by atoms with Gasteiger partial charge in [0.1, 0.15) is 17.0 Å². The third kappa shape index (κ3) is 3.90. The van der Waals surface area contributed by atoms with Gasteiger partial charge in [0.05, 0.1) is 15.6 Å². The van der Waals surface area contributed by atoms with E-state index < -0.39 is 0 Å². The molecule has 28 heavy (non-hydrogen) atoms. The van der Waals surface area contributed by atoms with Gasteiger partial charge < -0.3 is 9.84 Å². The quantitative estimate of drug-likeness (QED) is 0.480. The van der Waals surface area contributed by atoms with Crippen LogP contribution in [0.5, 0.6) is 0 Å². The summed E-state index contributed by atoms with van der Waals surface area (Å²) in [7, 11) is 0. The van der Waals surface area contributed by atoms with Crippen LogP contribution in [-0.4, -0.2) is 22.6 Å². The Balaban J connectivity index is 1.41. The van der Waals surface area contributed by atoms with Crippen LogP contribution in [0.15, 0.2) is 52.4 Å². The van der Waals surface area contributed by atoms with E-state index in [0.717, 1.165) is 27.6 Å². The number of rotatable bonds is 6. The molecule has 0 saturated carbocycles. The summed E-state index contributed by atoms with van der Waals surface area (Å²) in [5.41, 5.74) is 2.96. The molecule has 7 heteroatoms. The Morgan fingerprint density at radius 1 is 1.14 bits per heavy atom. The summed E-state index contributed by atoms with van der Waals surface area (Å²) >= 11 is 3.37. The normalized spacial score (nSPS) is 10.9. The summed E-state index contributed by atoms with van der Waals surface area (Å²) in [5, 5.41) is 10.2. The molecule has 1 aromatic carbocycles. The van der Waals surface area contributed by atoms with Crippen LogP contribution in [0.3, 0.4) is 0 Å². The van der Waals surface area contributed by atoms with Crippen molar-refractivity contribution in [3.63, 3.8) is 0 Å². The van der Waals surface area contributed by atoms with E-state index in [9.17, 15) is 4.79 Å². The van der Waals surface area contributed by atoms with Crippen molar-refractivity contribution in [1.82, 2.24) is 15.5 Å². The van der Waals surface area contributed by atoms with E-state index in [4.69, 9.17) is 4.52 Å². The summed E-state index contributed by atoms with van der Waals surface area (Å²) in [6.45, 7) is 4.32. The largest absolute Gasteiger partial charge is 0.360 e. The van der Waals surface area contributed by atoms with Crippen LogP contribution in [0.4, 0.5) is 0 Å². The van der Waals surface area contributed by atoms with Crippen LogP contribution in [0.1, 0.15) is 26.0 Å². The van der Waals surface area contributed by atoms with E-state index in [-0.39, 0.29) is 5.91 Å². The van der Waals surface area contributed by atoms with Gasteiger partial charge in [-0.15, -0.1) is 22.7 Å². The summed E-state index contributed by atoms with van der Waals surface area (Å²) in [4.78, 5) is 19.6. The fraction of sp³-hybridized carbons (Fsp3) is 0.190. The van der Waals surface area contributed by atoms with Crippen LogP contribution in [0, 0.1) is 13.8 Å². The maximum Gasteiger partial charge on any atom is 0.257 e. The number of amides is 1. The molecule has 1 amide bonds. The second-order valence-electron chi connectivity index (χ2n) is 6.35. The Bertz CT molecular complexity index is 1100. The molecule has 0 aliphatic heterocycles. The lowest BCUT2D eigenvalue weighted by atomic mass is 10.1. The number of thiazole rings is 1. The predicted octanol–water partition coefficient (Wildman–Crippen LogP) is 5.12. The zero-order valence-corrected chi connectivity index (χ0v) is 17.2. The molecule has 0 saturated heterocycles. The van der Waals surface area contributed by atoms with Crippen molar-refractivity contribution in [1.29, 1.82) is 0 Å². The first-order valence-corrected chi connectivity index (χ1v) is 10.6. The second kappa shape index (κ2) is 8.08. The van der Waals surface area contributed by atoms with Crippen LogP contribution in [-0.2, 0) is 6.42 Å². The van der Waals surface area contributed by atoms with Crippen molar-refractivity contribution in [2.75, 3.05) is 6.54 Å². The maximum atomic E-state index is 12.7. The van der Waals surface area contributed by atoms with Gasteiger partial charge >= 0.3 is 0 Å². The molecule has 3 aromatic heterocycles. The molecule has 0 aliphatic carbocycles. The minimum absolute atomic E-state index is 0.162. The first-order valence-electron chi connectivity index (χ1n) is 8.93. The van der Waals surface area contributed by atoms with Gasteiger partial charge in [-0.2, -0.15) is 0 Å². The van der Waals surface area contributed by atoms with Crippen molar-refractivity contribution in [2.24, 2.45) is 0 Å². The molecule has 3 heterocycles. The highest BCUT2D eigenvalue weighted by molar-refractivity contribution is 7.16. The van der Waals surface area contributed by atoms with Gasteiger partial charge in [-0.25, -0.2) is 4.98 Å². The maximum absolute atomic E-state index is 12.7. The topological polar surface area (TPSA) is 68.0 Å². The summed E-state index contributed by atoms with van der Waals surface area (Å²) < 4.78 is 5.28. The number of nitrogens with zero attached hydrogens (tertiary/aromatic N) is 2. The third-order valence-corrected chi connectivity index (χ3v) is 6.27. The van der Waals surface area contributed by atoms with Gasteiger partial charge in [-0.3, -0.25) is 4.79 Å². The highest BCUT2D eigenvalue weighted by Gasteiger charge is 2.21. The lowest BCUT2D eigenvalue weighted by Crippen LogP contribution is -2.26. The van der Waals surface area contributed by atoms with Crippen LogP contribution < -0.4 is 5.32 Å². The molecule has 4 aromatic rings. The number of hydrogen-bond acceptors (Lipinski definition) is 6. The summed E-state index contributed by atoms with van der Waals surface area (Å²) in [6.07, 6.45) is 0.768. The standard InChI is InChI=1S/C21H19N3O2S2/c1-13-19(20(24-26-13)15-6-4-3-5-7-15)21(25)22-11-10-16-8-9-18(28-16)17-12-27-14(2)23-17/h3-9,12H,10-11H2,1-2H3,(H,22,25). The van der Waals surface area contributed by atoms with Crippen molar-refractivity contribution >= 4 is 28.6 Å². The molecule has 0 spiro atoms. The minimum Gasteiger partial charge on any atom is -0.360 e. The van der Waals surface area contributed by atoms with Crippen LogP contribution in [0.2, 0.25) is 0 Å². The van der Waals surface area contributed by atoms with E-state index in [1.54, 1.807) is 29.6 Å². The van der Waals surface area contributed by atoms with Crippen molar-refractivity contribution in [3.05, 3.63) is 69.1 Å². The van der Waals surface area contributed by atoms with Gasteiger partial charge in [-0.1, -0.05) is 35.5 Å². The average molecular weight is 410 g/mol. The number of thiophene rings is 1. The predicted molar refractivity (Wildman–Crippen MR) is 113 cm³/mol. The highest BCUT2D eigenvalue weighted by atomic mass is 32.1. The third-order valence-electron chi connectivity index (χ3n) is 4.33. The Labute approximate surface area is 171 Å². The molecular formula is C21H19N3O2S2. The molecule has 0 bridgehead atoms. The zero-order valence-electron chi connectivity index (χ0n) is 15.6. The number of aryl methyl sites for hydroxylation is 2. The van der Waals surface area contributed by atoms with Gasteiger partial charge in [0.2, 0.25) is 0 Å². The van der Waals surface area contributed by atoms with E-state index >= 15 is 0 Å². The molecule has 0 atom stereocenters. The van der Waals surface area contributed by atoms with E-state index in [2.05, 4.69) is 33.0 Å². The second-order valence-corrected chi connectivity index (χ2v) is 8.58. The Morgan fingerprint density at radius 2 is 1.96 bits per heavy atom. The summed E-state index contributed by atoms with van der Waals surface area (Å²) in [6, 6.07) is 13.8. The monoisotopic (exact) mass is 409 g/mol. The number of benzene rings is 1. The lowest BCUT2D eigenvalue weighted by molar-refractivity contribution is 0.0953. The molecule has 4 rings (SSSR count). The van der Waals surface area contributed by atoms with Crippen molar-refractivity contribution < 1.29 is 9.32 Å². The van der Waals surface area contributed by atoms with Crippen LogP contribution in [0.25, 0.3) is 21.8 Å². The zero-order chi connectivity index (χ0) is 19.5. The molecule has 0 radical (unpaired) electrons. The first-order chi connectivity index (χ1) is 13.6. The Hall–Kier alpha value is -2.77. The van der Waals surface area contributed by atoms with Gasteiger partial charge in [0, 0.05) is 22.4 Å². The van der Waals surface area contributed by atoms with E-state index in [0.29, 0.717) is 23.6 Å². The molecule has 0 aliphatic rings. The smallest absolute Gasteiger partial charge is 0.257 e. The summed E-state index contributed by atoms with van der Waals surface area (Å²) in [5.74, 6) is 0.359. The molecule has 0 unspecified atom stereocenters. The molecule has 1 N–H and O–H groups in total.